The summed E-state index contributed by atoms with van der Waals surface area (Å²) in [5, 5.41) is 2.18. The van der Waals surface area contributed by atoms with Gasteiger partial charge in [-0.2, -0.15) is 0 Å². The maximum atomic E-state index is 13.6. The molecule has 112 valence electrons. The Bertz CT molecular complexity index is 629. The molecule has 2 rings (SSSR count). The number of amides is 2. The van der Waals surface area contributed by atoms with Gasteiger partial charge in [-0.1, -0.05) is 0 Å². The van der Waals surface area contributed by atoms with Crippen LogP contribution in [0.2, 0.25) is 0 Å². The molecule has 0 atom stereocenters. The Balaban J connectivity index is 2.21. The second-order valence-electron chi connectivity index (χ2n) is 5.34. The van der Waals surface area contributed by atoms with E-state index in [1.165, 1.54) is 4.90 Å². The zero-order chi connectivity index (χ0) is 15.8. The van der Waals surface area contributed by atoms with Crippen LogP contribution in [0.4, 0.5) is 8.78 Å². The average molecular weight is 296 g/mol. The van der Waals surface area contributed by atoms with Crippen molar-refractivity contribution < 1.29 is 23.2 Å². The Morgan fingerprint density at radius 1 is 1.33 bits per heavy atom. The van der Waals surface area contributed by atoms with Crippen LogP contribution in [0.25, 0.3) is 0 Å². The molecule has 0 aliphatic carbocycles. The van der Waals surface area contributed by atoms with Gasteiger partial charge in [0.2, 0.25) is 11.8 Å². The van der Waals surface area contributed by atoms with Gasteiger partial charge in [0.05, 0.1) is 24.2 Å². The van der Waals surface area contributed by atoms with Crippen molar-refractivity contribution >= 4 is 17.6 Å². The van der Waals surface area contributed by atoms with Crippen molar-refractivity contribution in [2.45, 2.75) is 19.4 Å². The van der Waals surface area contributed by atoms with Gasteiger partial charge in [0.15, 0.2) is 5.78 Å². The van der Waals surface area contributed by atoms with Gasteiger partial charge in [0.25, 0.3) is 0 Å². The lowest BCUT2D eigenvalue weighted by Crippen LogP contribution is -2.64. The molecule has 1 aromatic carbocycles. The first kappa shape index (κ1) is 15.2. The van der Waals surface area contributed by atoms with Crippen LogP contribution >= 0.6 is 0 Å². The first-order valence-corrected chi connectivity index (χ1v) is 6.29. The van der Waals surface area contributed by atoms with E-state index in [-0.39, 0.29) is 18.7 Å². The molecule has 0 aromatic heterocycles. The zero-order valence-corrected chi connectivity index (χ0v) is 11.6. The van der Waals surface area contributed by atoms with E-state index in [2.05, 4.69) is 5.32 Å². The van der Waals surface area contributed by atoms with Crippen LogP contribution < -0.4 is 5.32 Å². The Labute approximate surface area is 119 Å². The lowest BCUT2D eigenvalue weighted by molar-refractivity contribution is -0.144. The summed E-state index contributed by atoms with van der Waals surface area (Å²) in [6, 6.07) is 2.65. The number of ketones is 1. The molecular weight excluding hydrogens is 282 g/mol. The van der Waals surface area contributed by atoms with E-state index < -0.39 is 34.8 Å². The number of rotatable bonds is 3. The summed E-state index contributed by atoms with van der Waals surface area (Å²) in [7, 11) is 0. The third-order valence-corrected chi connectivity index (χ3v) is 3.50. The van der Waals surface area contributed by atoms with Gasteiger partial charge >= 0.3 is 0 Å². The molecule has 1 aromatic rings. The monoisotopic (exact) mass is 296 g/mol. The minimum Gasteiger partial charge on any atom is -0.294 e. The minimum atomic E-state index is -1.07. The molecular formula is C14H14F2N2O3. The lowest BCUT2D eigenvalue weighted by Gasteiger charge is -2.39. The van der Waals surface area contributed by atoms with E-state index in [0.717, 1.165) is 12.1 Å². The summed E-state index contributed by atoms with van der Waals surface area (Å²) >= 11 is 0. The molecule has 1 aliphatic rings. The fraction of sp³-hybridized carbons (Fsp3) is 0.357. The van der Waals surface area contributed by atoms with Crippen molar-refractivity contribution in [2.24, 2.45) is 0 Å². The summed E-state index contributed by atoms with van der Waals surface area (Å²) in [5.74, 6) is -3.41. The van der Waals surface area contributed by atoms with Gasteiger partial charge in [-0.15, -0.1) is 0 Å². The van der Waals surface area contributed by atoms with Crippen molar-refractivity contribution in [3.63, 3.8) is 0 Å². The van der Waals surface area contributed by atoms with Gasteiger partial charge < -0.3 is 0 Å². The van der Waals surface area contributed by atoms with E-state index in [4.69, 9.17) is 0 Å². The van der Waals surface area contributed by atoms with E-state index in [9.17, 15) is 23.2 Å². The molecule has 0 spiro atoms. The Morgan fingerprint density at radius 3 is 2.62 bits per heavy atom. The fourth-order valence-electron chi connectivity index (χ4n) is 2.06. The summed E-state index contributed by atoms with van der Waals surface area (Å²) in [6.45, 7) is 2.66. The second kappa shape index (κ2) is 5.33. The number of carbonyl (C=O) groups is 3. The number of nitrogens with zero attached hydrogens (tertiary/aromatic N) is 1. The van der Waals surface area contributed by atoms with Crippen LogP contribution in [0.15, 0.2) is 18.2 Å². The normalized spacial score (nSPS) is 18.5. The number of halogens is 2. The fourth-order valence-corrected chi connectivity index (χ4v) is 2.06. The molecule has 0 unspecified atom stereocenters. The summed E-state index contributed by atoms with van der Waals surface area (Å²) in [5.41, 5.74) is -1.34. The standard InChI is InChI=1S/C14H14F2N2O3/c1-14(2)13(21)17-12(20)7-18(14)6-11(19)9-4-3-8(15)5-10(9)16/h3-5H,6-7H2,1-2H3,(H,17,20,21). The highest BCUT2D eigenvalue weighted by molar-refractivity contribution is 6.04. The molecule has 0 radical (unpaired) electrons. The van der Waals surface area contributed by atoms with Crippen molar-refractivity contribution in [1.82, 2.24) is 10.2 Å². The highest BCUT2D eigenvalue weighted by Crippen LogP contribution is 2.19. The van der Waals surface area contributed by atoms with Crippen LogP contribution in [0.5, 0.6) is 0 Å². The maximum absolute atomic E-state index is 13.6. The van der Waals surface area contributed by atoms with Gasteiger partial charge in [-0.05, 0) is 26.0 Å². The van der Waals surface area contributed by atoms with E-state index >= 15 is 0 Å². The number of imide groups is 1. The number of Topliss-reactive ketones (excluding diaryl/α,β-unsaturated/α-hetero) is 1. The molecule has 1 aliphatic heterocycles. The molecule has 7 heteroatoms. The third kappa shape index (κ3) is 2.97. The van der Waals surface area contributed by atoms with Gasteiger partial charge in [0, 0.05) is 6.07 Å². The third-order valence-electron chi connectivity index (χ3n) is 3.50. The van der Waals surface area contributed by atoms with Gasteiger partial charge in [-0.3, -0.25) is 24.6 Å². The molecule has 1 saturated heterocycles. The number of carbonyl (C=O) groups excluding carboxylic acids is 3. The van der Waals surface area contributed by atoms with Crippen LogP contribution in [-0.2, 0) is 9.59 Å². The Hall–Kier alpha value is -2.15. The molecule has 0 saturated carbocycles. The summed E-state index contributed by atoms with van der Waals surface area (Å²) < 4.78 is 26.4. The average Bonchev–Trinajstić information content (AvgIpc) is 2.35. The number of hydrogen-bond acceptors (Lipinski definition) is 4. The number of benzene rings is 1. The first-order valence-electron chi connectivity index (χ1n) is 6.29. The van der Waals surface area contributed by atoms with Crippen LogP contribution in [-0.4, -0.2) is 41.1 Å². The molecule has 0 bridgehead atoms. The van der Waals surface area contributed by atoms with Gasteiger partial charge in [0.1, 0.15) is 11.6 Å². The molecule has 5 nitrogen and oxygen atoms in total. The highest BCUT2D eigenvalue weighted by atomic mass is 19.1. The predicted octanol–water partition coefficient (Wildman–Crippen LogP) is 0.884. The molecule has 21 heavy (non-hydrogen) atoms. The van der Waals surface area contributed by atoms with Crippen LogP contribution in [0.1, 0.15) is 24.2 Å². The Kier molecular flexibility index (Phi) is 3.87. The quantitative estimate of drug-likeness (QED) is 0.664. The topological polar surface area (TPSA) is 66.5 Å². The smallest absolute Gasteiger partial charge is 0.246 e. The summed E-state index contributed by atoms with van der Waals surface area (Å²) in [6.07, 6.45) is 0. The predicted molar refractivity (Wildman–Crippen MR) is 69.5 cm³/mol. The largest absolute Gasteiger partial charge is 0.294 e. The molecule has 2 amide bonds. The number of hydrogen-bond donors (Lipinski definition) is 1. The second-order valence-corrected chi connectivity index (χ2v) is 5.34. The van der Waals surface area contributed by atoms with E-state index in [1.54, 1.807) is 13.8 Å². The van der Waals surface area contributed by atoms with Crippen LogP contribution in [0, 0.1) is 11.6 Å². The van der Waals surface area contributed by atoms with Crippen molar-refractivity contribution in [3.05, 3.63) is 35.4 Å². The summed E-state index contributed by atoms with van der Waals surface area (Å²) in [4.78, 5) is 36.6. The van der Waals surface area contributed by atoms with Crippen molar-refractivity contribution in [3.8, 4) is 0 Å². The Morgan fingerprint density at radius 2 is 2.00 bits per heavy atom. The number of nitrogens with one attached hydrogen (secondary N) is 1. The van der Waals surface area contributed by atoms with Crippen molar-refractivity contribution in [2.75, 3.05) is 13.1 Å². The van der Waals surface area contributed by atoms with E-state index in [1.807, 2.05) is 0 Å². The van der Waals surface area contributed by atoms with Crippen LogP contribution in [0.3, 0.4) is 0 Å². The molecule has 1 heterocycles. The van der Waals surface area contributed by atoms with E-state index in [0.29, 0.717) is 6.07 Å². The first-order chi connectivity index (χ1) is 9.71. The maximum Gasteiger partial charge on any atom is 0.246 e. The lowest BCUT2D eigenvalue weighted by atomic mass is 9.97. The molecule has 1 fully saturated rings. The molecule has 1 N–H and O–H groups in total. The SMILES string of the molecule is CC1(C)C(=O)NC(=O)CN1CC(=O)c1ccc(F)cc1F. The minimum absolute atomic E-state index is 0.146. The number of piperazine rings is 1. The van der Waals surface area contributed by atoms with Crippen molar-refractivity contribution in [1.29, 1.82) is 0 Å². The van der Waals surface area contributed by atoms with Gasteiger partial charge in [-0.25, -0.2) is 8.78 Å². The zero-order valence-electron chi connectivity index (χ0n) is 11.6. The highest BCUT2D eigenvalue weighted by Gasteiger charge is 2.41.